The van der Waals surface area contributed by atoms with Crippen LogP contribution in [0, 0.1) is 13.8 Å². The average molecular weight is 290 g/mol. The normalized spacial score (nSPS) is 10.7. The number of hydrogen-bond donors (Lipinski definition) is 2. The topological polar surface area (TPSA) is 72.2 Å². The van der Waals surface area contributed by atoms with Gasteiger partial charge in [0.2, 0.25) is 0 Å². The van der Waals surface area contributed by atoms with E-state index in [-0.39, 0.29) is 6.61 Å². The van der Waals surface area contributed by atoms with Crippen molar-refractivity contribution in [3.8, 4) is 5.75 Å². The van der Waals surface area contributed by atoms with E-state index < -0.39 is 0 Å². The van der Waals surface area contributed by atoms with Crippen LogP contribution >= 0.6 is 0 Å². The third-order valence-electron chi connectivity index (χ3n) is 3.40. The summed E-state index contributed by atoms with van der Waals surface area (Å²) in [5.74, 6) is 0.909. The molecule has 0 fully saturated rings. The van der Waals surface area contributed by atoms with Gasteiger partial charge >= 0.3 is 0 Å². The lowest BCUT2D eigenvalue weighted by Gasteiger charge is -2.14. The van der Waals surface area contributed by atoms with E-state index in [9.17, 15) is 0 Å². The molecule has 0 atom stereocenters. The zero-order valence-corrected chi connectivity index (χ0v) is 12.8. The summed E-state index contributed by atoms with van der Waals surface area (Å²) in [6.07, 6.45) is 2.58. The first-order valence-electron chi connectivity index (χ1n) is 7.03. The highest BCUT2D eigenvalue weighted by atomic mass is 16.5. The summed E-state index contributed by atoms with van der Waals surface area (Å²) in [6, 6.07) is 4.08. The molecule has 6 nitrogen and oxygen atoms in total. The summed E-state index contributed by atoms with van der Waals surface area (Å²) in [5.41, 5.74) is 4.11. The number of aliphatic hydroxyl groups is 1. The maximum Gasteiger partial charge on any atom is 0.126 e. The number of benzene rings is 1. The Kier molecular flexibility index (Phi) is 5.16. The Bertz CT molecular complexity index is 595. The van der Waals surface area contributed by atoms with Crippen LogP contribution in [0.5, 0.6) is 5.75 Å². The van der Waals surface area contributed by atoms with Crippen molar-refractivity contribution in [3.05, 3.63) is 35.2 Å². The van der Waals surface area contributed by atoms with Crippen LogP contribution < -0.4 is 10.1 Å². The first-order chi connectivity index (χ1) is 10.2. The molecular weight excluding hydrogens is 268 g/mol. The minimum atomic E-state index is 0.162. The fourth-order valence-electron chi connectivity index (χ4n) is 2.28. The van der Waals surface area contributed by atoms with Gasteiger partial charge in [-0.2, -0.15) is 0 Å². The summed E-state index contributed by atoms with van der Waals surface area (Å²) in [6.45, 7) is 5.51. The summed E-state index contributed by atoms with van der Waals surface area (Å²) in [7, 11) is 1.69. The Labute approximate surface area is 124 Å². The fourth-order valence-corrected chi connectivity index (χ4v) is 2.28. The lowest BCUT2D eigenvalue weighted by molar-refractivity contribution is 0.276. The van der Waals surface area contributed by atoms with Gasteiger partial charge in [-0.3, -0.25) is 4.68 Å². The van der Waals surface area contributed by atoms with Crippen LogP contribution in [-0.4, -0.2) is 33.8 Å². The summed E-state index contributed by atoms with van der Waals surface area (Å²) in [5, 5.41) is 20.3. The lowest BCUT2D eigenvalue weighted by Crippen LogP contribution is -2.03. The monoisotopic (exact) mass is 290 g/mol. The lowest BCUT2D eigenvalue weighted by atomic mass is 10.1. The van der Waals surface area contributed by atoms with Crippen molar-refractivity contribution < 1.29 is 9.84 Å². The number of rotatable bonds is 7. The standard InChI is InChI=1S/C15H22N4O2/c1-11-5-6-14(12(2)15(11)21-3)16-9-13-10-19(18-17-13)7-4-8-20/h5-6,10,16,20H,4,7-9H2,1-3H3. The number of ether oxygens (including phenoxy) is 1. The molecule has 114 valence electrons. The molecule has 2 rings (SSSR count). The molecule has 0 saturated carbocycles. The number of nitrogens with zero attached hydrogens (tertiary/aromatic N) is 3. The van der Waals surface area contributed by atoms with Gasteiger partial charge in [0.25, 0.3) is 0 Å². The molecular formula is C15H22N4O2. The summed E-state index contributed by atoms with van der Waals surface area (Å²) >= 11 is 0. The van der Waals surface area contributed by atoms with Gasteiger partial charge < -0.3 is 15.2 Å². The molecule has 0 aliphatic carbocycles. The van der Waals surface area contributed by atoms with Crippen molar-refractivity contribution in [2.24, 2.45) is 0 Å². The van der Waals surface area contributed by atoms with Crippen LogP contribution in [0.15, 0.2) is 18.3 Å². The Morgan fingerprint density at radius 1 is 1.33 bits per heavy atom. The summed E-state index contributed by atoms with van der Waals surface area (Å²) < 4.78 is 7.17. The quantitative estimate of drug-likeness (QED) is 0.815. The van der Waals surface area contributed by atoms with Crippen LogP contribution in [0.4, 0.5) is 5.69 Å². The van der Waals surface area contributed by atoms with Gasteiger partial charge in [0.15, 0.2) is 0 Å². The minimum Gasteiger partial charge on any atom is -0.496 e. The highest BCUT2D eigenvalue weighted by Crippen LogP contribution is 2.29. The number of aliphatic hydroxyl groups excluding tert-OH is 1. The molecule has 0 amide bonds. The molecule has 0 unspecified atom stereocenters. The molecule has 1 heterocycles. The molecule has 0 saturated heterocycles. The first-order valence-corrected chi connectivity index (χ1v) is 7.03. The highest BCUT2D eigenvalue weighted by molar-refractivity contribution is 5.59. The van der Waals surface area contributed by atoms with Crippen molar-refractivity contribution in [1.82, 2.24) is 15.0 Å². The SMILES string of the molecule is COc1c(C)ccc(NCc2cn(CCCO)nn2)c1C. The van der Waals surface area contributed by atoms with Crippen LogP contribution in [0.25, 0.3) is 0 Å². The van der Waals surface area contributed by atoms with Crippen LogP contribution in [0.2, 0.25) is 0 Å². The number of aromatic nitrogens is 3. The van der Waals surface area contributed by atoms with Crippen LogP contribution in [0.3, 0.4) is 0 Å². The third-order valence-corrected chi connectivity index (χ3v) is 3.40. The van der Waals surface area contributed by atoms with Crippen molar-refractivity contribution in [2.45, 2.75) is 33.4 Å². The Balaban J connectivity index is 2.01. The molecule has 0 bridgehead atoms. The summed E-state index contributed by atoms with van der Waals surface area (Å²) in [4.78, 5) is 0. The molecule has 6 heteroatoms. The van der Waals surface area contributed by atoms with Gasteiger partial charge in [0, 0.05) is 24.4 Å². The zero-order chi connectivity index (χ0) is 15.2. The minimum absolute atomic E-state index is 0.162. The van der Waals surface area contributed by atoms with E-state index in [2.05, 4.69) is 15.6 Å². The van der Waals surface area contributed by atoms with Gasteiger partial charge in [-0.05, 0) is 31.9 Å². The second-order valence-corrected chi connectivity index (χ2v) is 4.99. The smallest absolute Gasteiger partial charge is 0.126 e. The molecule has 1 aromatic carbocycles. The van der Waals surface area contributed by atoms with E-state index in [0.29, 0.717) is 19.5 Å². The van der Waals surface area contributed by atoms with E-state index in [0.717, 1.165) is 28.3 Å². The second kappa shape index (κ2) is 7.08. The van der Waals surface area contributed by atoms with E-state index >= 15 is 0 Å². The number of aryl methyl sites for hydroxylation is 2. The molecule has 0 aliphatic rings. The highest BCUT2D eigenvalue weighted by Gasteiger charge is 2.08. The third kappa shape index (κ3) is 3.72. The zero-order valence-electron chi connectivity index (χ0n) is 12.8. The van der Waals surface area contributed by atoms with Crippen molar-refractivity contribution in [3.63, 3.8) is 0 Å². The van der Waals surface area contributed by atoms with Gasteiger partial charge in [-0.15, -0.1) is 5.10 Å². The van der Waals surface area contributed by atoms with Crippen molar-refractivity contribution in [1.29, 1.82) is 0 Å². The number of anilines is 1. The Hall–Kier alpha value is -2.08. The Morgan fingerprint density at radius 3 is 2.86 bits per heavy atom. The molecule has 2 N–H and O–H groups in total. The number of hydrogen-bond acceptors (Lipinski definition) is 5. The van der Waals surface area contributed by atoms with E-state index in [1.165, 1.54) is 0 Å². The Morgan fingerprint density at radius 2 is 2.14 bits per heavy atom. The number of methoxy groups -OCH3 is 1. The number of nitrogens with one attached hydrogen (secondary N) is 1. The molecule has 0 aliphatic heterocycles. The van der Waals surface area contributed by atoms with Crippen LogP contribution in [0.1, 0.15) is 23.2 Å². The fraction of sp³-hybridized carbons (Fsp3) is 0.467. The maximum atomic E-state index is 8.80. The molecule has 1 aromatic heterocycles. The van der Waals surface area contributed by atoms with Crippen molar-refractivity contribution >= 4 is 5.69 Å². The van der Waals surface area contributed by atoms with Crippen LogP contribution in [-0.2, 0) is 13.1 Å². The van der Waals surface area contributed by atoms with Gasteiger partial charge in [0.1, 0.15) is 11.4 Å². The molecule has 0 spiro atoms. The van der Waals surface area contributed by atoms with E-state index in [1.54, 1.807) is 11.8 Å². The molecule has 0 radical (unpaired) electrons. The molecule has 21 heavy (non-hydrogen) atoms. The predicted octanol–water partition coefficient (Wildman–Crippen LogP) is 1.90. The van der Waals surface area contributed by atoms with E-state index in [1.807, 2.05) is 32.2 Å². The van der Waals surface area contributed by atoms with Gasteiger partial charge in [0.05, 0.1) is 19.9 Å². The van der Waals surface area contributed by atoms with E-state index in [4.69, 9.17) is 9.84 Å². The maximum absolute atomic E-state index is 8.80. The largest absolute Gasteiger partial charge is 0.496 e. The van der Waals surface area contributed by atoms with Gasteiger partial charge in [-0.25, -0.2) is 0 Å². The average Bonchev–Trinajstić information content (AvgIpc) is 2.93. The van der Waals surface area contributed by atoms with Gasteiger partial charge in [-0.1, -0.05) is 11.3 Å². The molecule has 2 aromatic rings. The second-order valence-electron chi connectivity index (χ2n) is 4.99. The first kappa shape index (κ1) is 15.3. The predicted molar refractivity (Wildman–Crippen MR) is 81.5 cm³/mol. The van der Waals surface area contributed by atoms with Crippen molar-refractivity contribution in [2.75, 3.05) is 19.0 Å².